The molecule has 0 unspecified atom stereocenters. The van der Waals surface area contributed by atoms with Crippen LogP contribution in [-0.4, -0.2) is 27.8 Å². The van der Waals surface area contributed by atoms with Gasteiger partial charge in [-0.15, -0.1) is 0 Å². The van der Waals surface area contributed by atoms with Crippen molar-refractivity contribution in [1.29, 1.82) is 0 Å². The first-order valence-electron chi connectivity index (χ1n) is 7.38. The molecule has 5 atom stereocenters. The Hall–Kier alpha value is -2.37. The molecular weight excluding hydrogens is 286 g/mol. The maximum absolute atomic E-state index is 12.7. The number of furan rings is 1. The fraction of sp³-hybridized carbons (Fsp3) is 0.438. The molecule has 0 aromatic carbocycles. The molecule has 0 radical (unpaired) electrons. The number of hydrogen-bond donors (Lipinski definition) is 1. The molecule has 0 spiro atoms. The molecule has 2 heterocycles. The van der Waals surface area contributed by atoms with Crippen LogP contribution in [0.15, 0.2) is 35.0 Å². The van der Waals surface area contributed by atoms with E-state index in [2.05, 4.69) is 0 Å². The molecule has 1 saturated heterocycles. The van der Waals surface area contributed by atoms with Crippen LogP contribution in [-0.2, 0) is 14.4 Å². The van der Waals surface area contributed by atoms with Crippen LogP contribution in [0.3, 0.4) is 0 Å². The van der Waals surface area contributed by atoms with Crippen LogP contribution >= 0.6 is 0 Å². The van der Waals surface area contributed by atoms with Crippen molar-refractivity contribution in [2.75, 3.05) is 0 Å². The predicted molar refractivity (Wildman–Crippen MR) is 73.3 cm³/mol. The predicted octanol–water partition coefficient (Wildman–Crippen LogP) is 1.60. The molecule has 1 saturated carbocycles. The molecule has 2 amide bonds. The van der Waals surface area contributed by atoms with Crippen LogP contribution in [0.2, 0.25) is 0 Å². The number of rotatable bonds is 4. The Labute approximate surface area is 126 Å². The molecule has 2 bridgehead atoms. The van der Waals surface area contributed by atoms with Gasteiger partial charge in [-0.25, -0.2) is 0 Å². The van der Waals surface area contributed by atoms with E-state index in [9.17, 15) is 14.4 Å². The van der Waals surface area contributed by atoms with Crippen LogP contribution in [0.25, 0.3) is 0 Å². The minimum Gasteiger partial charge on any atom is -0.481 e. The third kappa shape index (κ3) is 1.70. The second kappa shape index (κ2) is 4.56. The quantitative estimate of drug-likeness (QED) is 0.674. The normalized spacial score (nSPS) is 33.5. The van der Waals surface area contributed by atoms with E-state index in [1.165, 1.54) is 6.26 Å². The van der Waals surface area contributed by atoms with Crippen LogP contribution in [0.1, 0.15) is 24.6 Å². The van der Waals surface area contributed by atoms with E-state index >= 15 is 0 Å². The molecule has 114 valence electrons. The number of carbonyl (C=O) groups is 3. The molecule has 6 nitrogen and oxygen atoms in total. The van der Waals surface area contributed by atoms with Gasteiger partial charge in [0.05, 0.1) is 24.5 Å². The lowest BCUT2D eigenvalue weighted by Gasteiger charge is -2.25. The highest BCUT2D eigenvalue weighted by Crippen LogP contribution is 2.54. The first-order valence-corrected chi connectivity index (χ1v) is 7.38. The van der Waals surface area contributed by atoms with Crippen LogP contribution < -0.4 is 0 Å². The van der Waals surface area contributed by atoms with Gasteiger partial charge in [-0.1, -0.05) is 12.2 Å². The summed E-state index contributed by atoms with van der Waals surface area (Å²) < 4.78 is 5.27. The first-order chi connectivity index (χ1) is 10.6. The third-order valence-electron chi connectivity index (χ3n) is 5.06. The van der Waals surface area contributed by atoms with Crippen molar-refractivity contribution in [1.82, 2.24) is 4.90 Å². The number of likely N-dealkylation sites (tertiary alicyclic amines) is 1. The van der Waals surface area contributed by atoms with E-state index < -0.39 is 12.0 Å². The molecule has 2 aliphatic carbocycles. The minimum absolute atomic E-state index is 0.110. The summed E-state index contributed by atoms with van der Waals surface area (Å²) in [7, 11) is 0. The van der Waals surface area contributed by atoms with Crippen molar-refractivity contribution in [2.45, 2.75) is 18.9 Å². The van der Waals surface area contributed by atoms with Crippen molar-refractivity contribution >= 4 is 17.8 Å². The molecule has 1 aromatic rings. The average Bonchev–Trinajstić information content (AvgIpc) is 3.22. The molecule has 3 aliphatic rings. The van der Waals surface area contributed by atoms with Gasteiger partial charge in [0, 0.05) is 0 Å². The van der Waals surface area contributed by atoms with Crippen molar-refractivity contribution in [2.24, 2.45) is 23.7 Å². The molecule has 6 heteroatoms. The van der Waals surface area contributed by atoms with Crippen molar-refractivity contribution < 1.29 is 23.9 Å². The first kappa shape index (κ1) is 13.3. The summed E-state index contributed by atoms with van der Waals surface area (Å²) in [5.74, 6) is -1.67. The molecule has 4 rings (SSSR count). The van der Waals surface area contributed by atoms with Crippen LogP contribution in [0.4, 0.5) is 0 Å². The van der Waals surface area contributed by atoms with Gasteiger partial charge in [-0.2, -0.15) is 0 Å². The summed E-state index contributed by atoms with van der Waals surface area (Å²) >= 11 is 0. The maximum atomic E-state index is 12.7. The average molecular weight is 301 g/mol. The molecule has 22 heavy (non-hydrogen) atoms. The maximum Gasteiger partial charge on any atom is 0.305 e. The van der Waals surface area contributed by atoms with Gasteiger partial charge in [-0.3, -0.25) is 19.3 Å². The van der Waals surface area contributed by atoms with Crippen molar-refractivity contribution in [3.05, 3.63) is 36.3 Å². The molecule has 1 aromatic heterocycles. The highest BCUT2D eigenvalue weighted by molar-refractivity contribution is 6.07. The van der Waals surface area contributed by atoms with E-state index in [1.54, 1.807) is 12.1 Å². The number of allylic oxidation sites excluding steroid dienone is 2. The topological polar surface area (TPSA) is 87.8 Å². The number of imide groups is 1. The lowest BCUT2D eigenvalue weighted by Crippen LogP contribution is -2.37. The standard InChI is InChI=1S/C16H15NO5/c18-12(19)7-10(11-2-1-5-22-11)17-15(20)13-8-3-4-9(6-8)14(13)16(17)21/h1-5,8-10,13-14H,6-7H2,(H,18,19)/t8-,9-,10-,13-,14+/m0/s1. The monoisotopic (exact) mass is 301 g/mol. The number of carboxylic acids is 1. The third-order valence-corrected chi connectivity index (χ3v) is 5.06. The number of aliphatic carboxylic acids is 1. The second-order valence-corrected chi connectivity index (χ2v) is 6.18. The number of fused-ring (bicyclic) bond motifs is 5. The van der Waals surface area contributed by atoms with E-state index in [-0.39, 0.29) is 41.9 Å². The largest absolute Gasteiger partial charge is 0.481 e. The molecular formula is C16H15NO5. The Balaban J connectivity index is 1.70. The zero-order valence-electron chi connectivity index (χ0n) is 11.7. The fourth-order valence-corrected chi connectivity index (χ4v) is 4.20. The Bertz CT molecular complexity index is 647. The van der Waals surface area contributed by atoms with Gasteiger partial charge in [0.1, 0.15) is 11.8 Å². The zero-order valence-corrected chi connectivity index (χ0v) is 11.7. The summed E-state index contributed by atoms with van der Waals surface area (Å²) in [5.41, 5.74) is 0. The smallest absolute Gasteiger partial charge is 0.305 e. The number of carboxylic acid groups (broad SMARTS) is 1. The number of carbonyl (C=O) groups excluding carboxylic acids is 2. The van der Waals surface area contributed by atoms with Crippen LogP contribution in [0, 0.1) is 23.7 Å². The molecule has 1 aliphatic heterocycles. The number of hydrogen-bond acceptors (Lipinski definition) is 4. The van der Waals surface area contributed by atoms with Crippen LogP contribution in [0.5, 0.6) is 0 Å². The van der Waals surface area contributed by atoms with Crippen molar-refractivity contribution in [3.8, 4) is 0 Å². The summed E-state index contributed by atoms with van der Waals surface area (Å²) in [4.78, 5) is 37.8. The van der Waals surface area contributed by atoms with E-state index in [1.807, 2.05) is 12.2 Å². The summed E-state index contributed by atoms with van der Waals surface area (Å²) in [5, 5.41) is 9.13. The summed E-state index contributed by atoms with van der Waals surface area (Å²) in [6.45, 7) is 0. The van der Waals surface area contributed by atoms with E-state index in [0.717, 1.165) is 11.3 Å². The molecule has 1 N–H and O–H groups in total. The highest BCUT2D eigenvalue weighted by Gasteiger charge is 2.60. The Kier molecular flexibility index (Phi) is 2.76. The molecule has 2 fully saturated rings. The lowest BCUT2D eigenvalue weighted by atomic mass is 9.85. The SMILES string of the molecule is O=C(O)C[C@@H](c1ccco1)N1C(=O)[C@@H]2[C@H](C1=O)[C@H]1C=C[C@H]2C1. The van der Waals surface area contributed by atoms with E-state index in [4.69, 9.17) is 9.52 Å². The van der Waals surface area contributed by atoms with Gasteiger partial charge >= 0.3 is 5.97 Å². The minimum atomic E-state index is -1.07. The summed E-state index contributed by atoms with van der Waals surface area (Å²) in [6.07, 6.45) is 5.96. The Morgan fingerprint density at radius 2 is 1.91 bits per heavy atom. The van der Waals surface area contributed by atoms with Crippen molar-refractivity contribution in [3.63, 3.8) is 0 Å². The highest BCUT2D eigenvalue weighted by atomic mass is 16.4. The van der Waals surface area contributed by atoms with Gasteiger partial charge in [0.2, 0.25) is 11.8 Å². The Morgan fingerprint density at radius 1 is 1.27 bits per heavy atom. The van der Waals surface area contributed by atoms with Gasteiger partial charge in [-0.05, 0) is 30.4 Å². The lowest BCUT2D eigenvalue weighted by molar-refractivity contribution is -0.147. The van der Waals surface area contributed by atoms with Gasteiger partial charge in [0.15, 0.2) is 0 Å². The number of nitrogens with zero attached hydrogens (tertiary/aromatic N) is 1. The van der Waals surface area contributed by atoms with Gasteiger partial charge < -0.3 is 9.52 Å². The fourth-order valence-electron chi connectivity index (χ4n) is 4.20. The zero-order chi connectivity index (χ0) is 15.4. The van der Waals surface area contributed by atoms with Gasteiger partial charge in [0.25, 0.3) is 0 Å². The number of amides is 2. The Morgan fingerprint density at radius 3 is 2.41 bits per heavy atom. The van der Waals surface area contributed by atoms with E-state index in [0.29, 0.717) is 5.76 Å². The second-order valence-electron chi connectivity index (χ2n) is 6.18. The summed E-state index contributed by atoms with van der Waals surface area (Å²) in [6, 6.07) is 2.37.